The van der Waals surface area contributed by atoms with Crippen molar-refractivity contribution < 1.29 is 19.8 Å². The smallest absolute Gasteiger partial charge is 0.328 e. The second kappa shape index (κ2) is 9.32. The Morgan fingerprint density at radius 3 is 2.47 bits per heavy atom. The number of carboxylic acids is 2. The summed E-state index contributed by atoms with van der Waals surface area (Å²) in [6, 6.07) is 10.9. The number of nitrogens with one attached hydrogen (secondary N) is 1. The van der Waals surface area contributed by atoms with Gasteiger partial charge < -0.3 is 15.5 Å². The predicted octanol–water partition coefficient (Wildman–Crippen LogP) is 4.54. The van der Waals surface area contributed by atoms with E-state index in [9.17, 15) is 9.59 Å². The third-order valence-electron chi connectivity index (χ3n) is 4.38. The van der Waals surface area contributed by atoms with E-state index in [1.54, 1.807) is 18.2 Å². The highest BCUT2D eigenvalue weighted by atomic mass is 32.1. The average Bonchev–Trinajstić information content (AvgIpc) is 3.16. The molecule has 0 saturated heterocycles. The Balaban J connectivity index is 1.90. The molecule has 7 nitrogen and oxygen atoms in total. The molecule has 0 atom stereocenters. The summed E-state index contributed by atoms with van der Waals surface area (Å²) in [7, 11) is 0. The van der Waals surface area contributed by atoms with Gasteiger partial charge in [0.1, 0.15) is 5.82 Å². The second-order valence-electron chi connectivity index (χ2n) is 6.58. The van der Waals surface area contributed by atoms with Gasteiger partial charge in [0.15, 0.2) is 5.82 Å². The van der Waals surface area contributed by atoms with Crippen molar-refractivity contribution in [2.24, 2.45) is 0 Å². The Hall–Kier alpha value is -3.52. The summed E-state index contributed by atoms with van der Waals surface area (Å²) in [5.41, 5.74) is 3.39. The van der Waals surface area contributed by atoms with Crippen LogP contribution in [0.5, 0.6) is 0 Å². The van der Waals surface area contributed by atoms with Crippen molar-refractivity contribution in [3.05, 3.63) is 64.2 Å². The number of anilines is 2. The van der Waals surface area contributed by atoms with E-state index in [0.29, 0.717) is 11.6 Å². The Labute approximate surface area is 177 Å². The molecule has 3 rings (SSSR count). The number of thiophene rings is 1. The van der Waals surface area contributed by atoms with Crippen LogP contribution < -0.4 is 5.32 Å². The average molecular weight is 423 g/mol. The van der Waals surface area contributed by atoms with Gasteiger partial charge in [-0.05, 0) is 49.2 Å². The van der Waals surface area contributed by atoms with E-state index in [-0.39, 0.29) is 6.42 Å². The van der Waals surface area contributed by atoms with Gasteiger partial charge in [-0.15, -0.1) is 11.3 Å². The molecule has 2 heterocycles. The molecular formula is C22H21N3O4S. The maximum absolute atomic E-state index is 10.8. The number of aliphatic carboxylic acids is 2. The molecule has 3 N–H and O–H groups in total. The number of aromatic nitrogens is 2. The largest absolute Gasteiger partial charge is 0.481 e. The fraction of sp³-hybridized carbons (Fsp3) is 0.182. The number of rotatable bonds is 8. The molecule has 0 aliphatic rings. The number of carbonyl (C=O) groups is 2. The fourth-order valence-electron chi connectivity index (χ4n) is 2.97. The Morgan fingerprint density at radius 2 is 1.83 bits per heavy atom. The topological polar surface area (TPSA) is 112 Å². The lowest BCUT2D eigenvalue weighted by molar-refractivity contribution is -0.136. The van der Waals surface area contributed by atoms with Crippen LogP contribution in [0.2, 0.25) is 0 Å². The van der Waals surface area contributed by atoms with E-state index in [4.69, 9.17) is 15.2 Å². The number of carboxylic acid groups (broad SMARTS) is 2. The molecule has 3 aromatic rings. The van der Waals surface area contributed by atoms with Crippen molar-refractivity contribution >= 4 is 40.9 Å². The van der Waals surface area contributed by atoms with Crippen molar-refractivity contribution in [1.82, 2.24) is 9.97 Å². The van der Waals surface area contributed by atoms with Crippen molar-refractivity contribution in [2.45, 2.75) is 26.7 Å². The molecule has 0 radical (unpaired) electrons. The van der Waals surface area contributed by atoms with E-state index in [0.717, 1.165) is 44.8 Å². The lowest BCUT2D eigenvalue weighted by Crippen LogP contribution is -2.05. The molecule has 1 aromatic carbocycles. The van der Waals surface area contributed by atoms with Gasteiger partial charge in [-0.25, -0.2) is 14.8 Å². The molecule has 30 heavy (non-hydrogen) atoms. The van der Waals surface area contributed by atoms with Crippen molar-refractivity contribution in [3.63, 3.8) is 0 Å². The molecule has 0 saturated carbocycles. The van der Waals surface area contributed by atoms with Gasteiger partial charge in [-0.2, -0.15) is 0 Å². The van der Waals surface area contributed by atoms with Gasteiger partial charge in [0.2, 0.25) is 0 Å². The van der Waals surface area contributed by atoms with Crippen LogP contribution in [-0.2, 0) is 22.4 Å². The van der Waals surface area contributed by atoms with E-state index in [1.165, 1.54) is 11.3 Å². The van der Waals surface area contributed by atoms with Gasteiger partial charge in [-0.3, -0.25) is 4.79 Å². The zero-order valence-corrected chi connectivity index (χ0v) is 17.4. The molecule has 0 fully saturated rings. The van der Waals surface area contributed by atoms with E-state index >= 15 is 0 Å². The highest BCUT2D eigenvalue weighted by molar-refractivity contribution is 7.16. The molecule has 0 bridgehead atoms. The summed E-state index contributed by atoms with van der Waals surface area (Å²) in [4.78, 5) is 32.5. The molecule has 8 heteroatoms. The summed E-state index contributed by atoms with van der Waals surface area (Å²) in [5.74, 6) is -0.601. The predicted molar refractivity (Wildman–Crippen MR) is 117 cm³/mol. The molecular weight excluding hydrogens is 402 g/mol. The summed E-state index contributed by atoms with van der Waals surface area (Å²) < 4.78 is 0. The first-order chi connectivity index (χ1) is 14.4. The van der Waals surface area contributed by atoms with Crippen molar-refractivity contribution in [3.8, 4) is 10.7 Å². The third-order valence-corrected chi connectivity index (χ3v) is 5.42. The van der Waals surface area contributed by atoms with Crippen LogP contribution in [0.3, 0.4) is 0 Å². The Kier molecular flexibility index (Phi) is 6.58. The van der Waals surface area contributed by atoms with Crippen LogP contribution in [0.1, 0.15) is 28.6 Å². The molecule has 2 aromatic heterocycles. The molecule has 0 aliphatic heterocycles. The molecule has 0 unspecified atom stereocenters. The first-order valence-corrected chi connectivity index (χ1v) is 10.1. The number of hydrogen-bond acceptors (Lipinski definition) is 6. The van der Waals surface area contributed by atoms with Crippen molar-refractivity contribution in [1.29, 1.82) is 0 Å². The lowest BCUT2D eigenvalue weighted by atomic mass is 10.1. The number of benzene rings is 1. The number of nitrogens with zero attached hydrogens (tertiary/aromatic N) is 2. The summed E-state index contributed by atoms with van der Waals surface area (Å²) in [6.07, 6.45) is 3.38. The summed E-state index contributed by atoms with van der Waals surface area (Å²) in [6.45, 7) is 3.97. The fourth-order valence-corrected chi connectivity index (χ4v) is 3.81. The zero-order valence-electron chi connectivity index (χ0n) is 16.5. The van der Waals surface area contributed by atoms with Crippen LogP contribution in [0.15, 0.2) is 42.5 Å². The molecule has 0 spiro atoms. The third kappa shape index (κ3) is 5.30. The van der Waals surface area contributed by atoms with E-state index < -0.39 is 11.9 Å². The van der Waals surface area contributed by atoms with Gasteiger partial charge in [0, 0.05) is 27.9 Å². The minimum Gasteiger partial charge on any atom is -0.481 e. The Bertz CT molecular complexity index is 1100. The maximum Gasteiger partial charge on any atom is 0.328 e. The van der Waals surface area contributed by atoms with Gasteiger partial charge in [-0.1, -0.05) is 19.1 Å². The normalized spacial score (nSPS) is 11.0. The monoisotopic (exact) mass is 423 g/mol. The quantitative estimate of drug-likeness (QED) is 0.456. The first kappa shape index (κ1) is 21.2. The van der Waals surface area contributed by atoms with Crippen LogP contribution in [0.4, 0.5) is 11.5 Å². The van der Waals surface area contributed by atoms with Crippen LogP contribution in [0.25, 0.3) is 16.8 Å². The first-order valence-electron chi connectivity index (χ1n) is 9.32. The minimum absolute atomic E-state index is 0.0196. The van der Waals surface area contributed by atoms with Crippen LogP contribution in [0, 0.1) is 6.92 Å². The minimum atomic E-state index is -0.995. The molecule has 0 amide bonds. The number of hydrogen-bond donors (Lipinski definition) is 3. The van der Waals surface area contributed by atoms with Crippen LogP contribution >= 0.6 is 11.3 Å². The van der Waals surface area contributed by atoms with Gasteiger partial charge >= 0.3 is 11.9 Å². The summed E-state index contributed by atoms with van der Waals surface area (Å²) in [5, 5.41) is 21.0. The van der Waals surface area contributed by atoms with E-state index in [1.807, 2.05) is 38.1 Å². The van der Waals surface area contributed by atoms with Gasteiger partial charge in [0.25, 0.3) is 0 Å². The molecule has 0 aliphatic carbocycles. The Morgan fingerprint density at radius 1 is 1.10 bits per heavy atom. The van der Waals surface area contributed by atoms with E-state index in [2.05, 4.69) is 10.3 Å². The standard InChI is InChI=1S/C22H21N3O4S/c1-3-17-13(2)23-22(18-10-8-16(30-18)9-11-19(26)27)25-21(17)24-15-6-4-14(5-7-15)12-20(28)29/h4-11H,3,12H2,1-2H3,(H,26,27)(H,28,29)(H,23,24,25)/b11-9+. The van der Waals surface area contributed by atoms with Crippen LogP contribution in [-0.4, -0.2) is 32.1 Å². The maximum atomic E-state index is 10.8. The SMILES string of the molecule is CCc1c(C)nc(-c2ccc(/C=C/C(=O)O)s2)nc1Nc1ccc(CC(=O)O)cc1. The molecule has 154 valence electrons. The van der Waals surface area contributed by atoms with Gasteiger partial charge in [0.05, 0.1) is 11.3 Å². The highest BCUT2D eigenvalue weighted by Crippen LogP contribution is 2.30. The zero-order chi connectivity index (χ0) is 21.7. The summed E-state index contributed by atoms with van der Waals surface area (Å²) >= 11 is 1.41. The lowest BCUT2D eigenvalue weighted by Gasteiger charge is -2.14. The second-order valence-corrected chi connectivity index (χ2v) is 7.69. The highest BCUT2D eigenvalue weighted by Gasteiger charge is 2.13. The number of aryl methyl sites for hydroxylation is 1. The van der Waals surface area contributed by atoms with Crippen molar-refractivity contribution in [2.75, 3.05) is 5.32 Å².